The van der Waals surface area contributed by atoms with Crippen molar-refractivity contribution in [3.8, 4) is 11.5 Å². The van der Waals surface area contributed by atoms with Crippen molar-refractivity contribution < 1.29 is 19.7 Å². The van der Waals surface area contributed by atoms with Crippen LogP contribution in [-0.2, 0) is 0 Å². The van der Waals surface area contributed by atoms with Crippen molar-refractivity contribution in [3.05, 3.63) is 24.3 Å². The van der Waals surface area contributed by atoms with Gasteiger partial charge in [0.1, 0.15) is 36.9 Å². The Balaban J connectivity index is 2.37. The van der Waals surface area contributed by atoms with E-state index in [1.807, 2.05) is 24.3 Å². The Morgan fingerprint density at radius 3 is 1.20 bits per heavy atom. The topological polar surface area (TPSA) is 65.4 Å². The highest BCUT2D eigenvalue weighted by atomic mass is 16.5. The van der Waals surface area contributed by atoms with E-state index < -0.39 is 12.2 Å². The molecular formula is C24H44N2O4. The van der Waals surface area contributed by atoms with Crippen LogP contribution < -0.4 is 9.47 Å². The minimum atomic E-state index is -0.511. The SMILES string of the molecule is CCCN(CCC)CC(O)COc1ccc(OCC(O)CN(CCC)CCC)cc1. The fourth-order valence-corrected chi connectivity index (χ4v) is 3.57. The van der Waals surface area contributed by atoms with E-state index in [-0.39, 0.29) is 13.2 Å². The summed E-state index contributed by atoms with van der Waals surface area (Å²) in [5.74, 6) is 1.41. The predicted molar refractivity (Wildman–Crippen MR) is 123 cm³/mol. The normalized spacial score (nSPS) is 13.6. The van der Waals surface area contributed by atoms with Crippen molar-refractivity contribution in [1.82, 2.24) is 9.80 Å². The molecular weight excluding hydrogens is 380 g/mol. The molecule has 6 nitrogen and oxygen atoms in total. The van der Waals surface area contributed by atoms with Gasteiger partial charge in [-0.05, 0) is 76.1 Å². The Morgan fingerprint density at radius 2 is 0.933 bits per heavy atom. The third-order valence-electron chi connectivity index (χ3n) is 4.81. The summed E-state index contributed by atoms with van der Waals surface area (Å²) in [6.07, 6.45) is 3.31. The lowest BCUT2D eigenvalue weighted by Crippen LogP contribution is -2.36. The van der Waals surface area contributed by atoms with Crippen molar-refractivity contribution in [1.29, 1.82) is 0 Å². The Hall–Kier alpha value is -1.34. The zero-order valence-corrected chi connectivity index (χ0v) is 19.6. The van der Waals surface area contributed by atoms with E-state index >= 15 is 0 Å². The van der Waals surface area contributed by atoms with Crippen molar-refractivity contribution in [2.45, 2.75) is 65.6 Å². The first-order chi connectivity index (χ1) is 14.5. The molecule has 174 valence electrons. The molecule has 2 N–H and O–H groups in total. The Bertz CT molecular complexity index is 467. The Morgan fingerprint density at radius 1 is 0.633 bits per heavy atom. The number of aliphatic hydroxyl groups excluding tert-OH is 2. The van der Waals surface area contributed by atoms with Gasteiger partial charge in [0.25, 0.3) is 0 Å². The molecule has 0 spiro atoms. The van der Waals surface area contributed by atoms with Crippen LogP contribution in [0.5, 0.6) is 11.5 Å². The minimum Gasteiger partial charge on any atom is -0.491 e. The van der Waals surface area contributed by atoms with Gasteiger partial charge in [0.15, 0.2) is 0 Å². The lowest BCUT2D eigenvalue weighted by Gasteiger charge is -2.24. The quantitative estimate of drug-likeness (QED) is 0.376. The Kier molecular flexibility index (Phi) is 14.6. The van der Waals surface area contributed by atoms with Crippen molar-refractivity contribution in [2.24, 2.45) is 0 Å². The van der Waals surface area contributed by atoms with Gasteiger partial charge in [-0.2, -0.15) is 0 Å². The number of nitrogens with zero attached hydrogens (tertiary/aromatic N) is 2. The summed E-state index contributed by atoms with van der Waals surface area (Å²) < 4.78 is 11.4. The van der Waals surface area contributed by atoms with E-state index in [1.165, 1.54) is 0 Å². The molecule has 6 heteroatoms. The highest BCUT2D eigenvalue weighted by molar-refractivity contribution is 5.31. The van der Waals surface area contributed by atoms with E-state index in [2.05, 4.69) is 37.5 Å². The smallest absolute Gasteiger partial charge is 0.119 e. The number of hydrogen-bond donors (Lipinski definition) is 2. The van der Waals surface area contributed by atoms with E-state index in [9.17, 15) is 10.2 Å². The van der Waals surface area contributed by atoms with E-state index in [0.717, 1.165) is 51.9 Å². The zero-order chi connectivity index (χ0) is 22.2. The molecule has 0 aliphatic carbocycles. The average Bonchev–Trinajstić information content (AvgIpc) is 2.72. The molecule has 0 aromatic heterocycles. The number of rotatable bonds is 18. The second-order valence-corrected chi connectivity index (χ2v) is 8.00. The maximum Gasteiger partial charge on any atom is 0.119 e. The van der Waals surface area contributed by atoms with Crippen LogP contribution in [-0.4, -0.2) is 84.7 Å². The summed E-state index contributed by atoms with van der Waals surface area (Å²) in [7, 11) is 0. The monoisotopic (exact) mass is 424 g/mol. The van der Waals surface area contributed by atoms with Crippen LogP contribution in [0.3, 0.4) is 0 Å². The summed E-state index contributed by atoms with van der Waals surface area (Å²) >= 11 is 0. The average molecular weight is 425 g/mol. The summed E-state index contributed by atoms with van der Waals surface area (Å²) in [6.45, 7) is 14.4. The molecule has 30 heavy (non-hydrogen) atoms. The summed E-state index contributed by atoms with van der Waals surface area (Å²) in [4.78, 5) is 4.55. The fourth-order valence-electron chi connectivity index (χ4n) is 3.57. The zero-order valence-electron chi connectivity index (χ0n) is 19.6. The Labute approximate surface area is 183 Å². The molecule has 2 unspecified atom stereocenters. The first-order valence-corrected chi connectivity index (χ1v) is 11.7. The van der Waals surface area contributed by atoms with Crippen LogP contribution in [0.15, 0.2) is 24.3 Å². The van der Waals surface area contributed by atoms with Gasteiger partial charge >= 0.3 is 0 Å². The molecule has 1 rings (SSSR count). The molecule has 0 saturated carbocycles. The van der Waals surface area contributed by atoms with E-state index in [1.54, 1.807) is 0 Å². The molecule has 0 radical (unpaired) electrons. The van der Waals surface area contributed by atoms with Gasteiger partial charge in [0.05, 0.1) is 0 Å². The lowest BCUT2D eigenvalue weighted by atomic mass is 10.3. The lowest BCUT2D eigenvalue weighted by molar-refractivity contribution is 0.0668. The highest BCUT2D eigenvalue weighted by Crippen LogP contribution is 2.18. The van der Waals surface area contributed by atoms with Gasteiger partial charge < -0.3 is 29.5 Å². The molecule has 1 aromatic rings. The maximum atomic E-state index is 10.3. The number of hydrogen-bond acceptors (Lipinski definition) is 6. The summed E-state index contributed by atoms with van der Waals surface area (Å²) in [5.41, 5.74) is 0. The first-order valence-electron chi connectivity index (χ1n) is 11.7. The maximum absolute atomic E-state index is 10.3. The molecule has 0 bridgehead atoms. The molecule has 2 atom stereocenters. The molecule has 0 heterocycles. The third-order valence-corrected chi connectivity index (χ3v) is 4.81. The fraction of sp³-hybridized carbons (Fsp3) is 0.750. The molecule has 0 aliphatic heterocycles. The van der Waals surface area contributed by atoms with Crippen LogP contribution in [0, 0.1) is 0 Å². The van der Waals surface area contributed by atoms with Gasteiger partial charge in [0.2, 0.25) is 0 Å². The number of benzene rings is 1. The van der Waals surface area contributed by atoms with Crippen LogP contribution in [0.2, 0.25) is 0 Å². The van der Waals surface area contributed by atoms with Crippen LogP contribution >= 0.6 is 0 Å². The van der Waals surface area contributed by atoms with Gasteiger partial charge in [-0.25, -0.2) is 0 Å². The van der Waals surface area contributed by atoms with Crippen LogP contribution in [0.25, 0.3) is 0 Å². The van der Waals surface area contributed by atoms with E-state index in [0.29, 0.717) is 24.6 Å². The van der Waals surface area contributed by atoms with Crippen LogP contribution in [0.1, 0.15) is 53.4 Å². The van der Waals surface area contributed by atoms with Crippen LogP contribution in [0.4, 0.5) is 0 Å². The third kappa shape index (κ3) is 11.7. The molecule has 0 aliphatic rings. The molecule has 1 aromatic carbocycles. The van der Waals surface area contributed by atoms with Gasteiger partial charge in [-0.3, -0.25) is 0 Å². The van der Waals surface area contributed by atoms with Crippen molar-refractivity contribution in [2.75, 3.05) is 52.5 Å². The molecule has 0 saturated heterocycles. The first kappa shape index (κ1) is 26.7. The second kappa shape index (κ2) is 16.4. The van der Waals surface area contributed by atoms with Gasteiger partial charge in [-0.15, -0.1) is 0 Å². The van der Waals surface area contributed by atoms with Crippen molar-refractivity contribution in [3.63, 3.8) is 0 Å². The van der Waals surface area contributed by atoms with E-state index in [4.69, 9.17) is 9.47 Å². The number of aliphatic hydroxyl groups is 2. The molecule has 0 fully saturated rings. The van der Waals surface area contributed by atoms with Gasteiger partial charge in [0, 0.05) is 13.1 Å². The standard InChI is InChI=1S/C24H44N2O4/c1-5-13-25(14-6-2)17-21(27)19-29-23-9-11-24(12-10-23)30-20-22(28)18-26(15-7-3)16-8-4/h9-12,21-22,27-28H,5-8,13-20H2,1-4H3. The van der Waals surface area contributed by atoms with Gasteiger partial charge in [-0.1, -0.05) is 27.7 Å². The second-order valence-electron chi connectivity index (χ2n) is 8.00. The predicted octanol–water partition coefficient (Wildman–Crippen LogP) is 3.41. The highest BCUT2D eigenvalue weighted by Gasteiger charge is 2.13. The molecule has 0 amide bonds. The number of ether oxygens (including phenoxy) is 2. The summed E-state index contributed by atoms with van der Waals surface area (Å²) in [6, 6.07) is 7.35. The summed E-state index contributed by atoms with van der Waals surface area (Å²) in [5, 5.41) is 20.5. The minimum absolute atomic E-state index is 0.271. The largest absolute Gasteiger partial charge is 0.491 e. The van der Waals surface area contributed by atoms with Crippen molar-refractivity contribution >= 4 is 0 Å².